The van der Waals surface area contributed by atoms with E-state index in [2.05, 4.69) is 75.4 Å². The molecule has 0 unspecified atom stereocenters. The van der Waals surface area contributed by atoms with Gasteiger partial charge in [-0.2, -0.15) is 0 Å². The standard InChI is InChI=1S/C20H26/c1-20(2,3)16-8-7-9-17-12-14-19(15-13-17)18-10-5-4-6-11-18/h4-6,10-15H,7-9,16H2,1-3H3. The van der Waals surface area contributed by atoms with Crippen molar-refractivity contribution in [3.63, 3.8) is 0 Å². The first kappa shape index (κ1) is 14.8. The molecule has 0 heterocycles. The van der Waals surface area contributed by atoms with E-state index in [4.69, 9.17) is 0 Å². The fourth-order valence-electron chi connectivity index (χ4n) is 2.48. The van der Waals surface area contributed by atoms with Crippen LogP contribution in [0, 0.1) is 5.41 Å². The summed E-state index contributed by atoms with van der Waals surface area (Å²) >= 11 is 0. The van der Waals surface area contributed by atoms with Crippen molar-refractivity contribution in [3.05, 3.63) is 60.2 Å². The van der Waals surface area contributed by atoms with Crippen molar-refractivity contribution in [3.8, 4) is 11.1 Å². The molecule has 0 aliphatic carbocycles. The second kappa shape index (κ2) is 6.74. The Labute approximate surface area is 123 Å². The van der Waals surface area contributed by atoms with Gasteiger partial charge in [-0.3, -0.25) is 0 Å². The smallest absolute Gasteiger partial charge is 0.0184 e. The fraction of sp³-hybridized carbons (Fsp3) is 0.400. The first-order valence-electron chi connectivity index (χ1n) is 7.69. The third-order valence-electron chi connectivity index (χ3n) is 3.70. The van der Waals surface area contributed by atoms with E-state index in [1.54, 1.807) is 0 Å². The van der Waals surface area contributed by atoms with Gasteiger partial charge in [0.05, 0.1) is 0 Å². The zero-order chi connectivity index (χ0) is 14.4. The maximum atomic E-state index is 2.32. The van der Waals surface area contributed by atoms with Crippen molar-refractivity contribution in [2.75, 3.05) is 0 Å². The Morgan fingerprint density at radius 1 is 0.700 bits per heavy atom. The number of hydrogen-bond acceptors (Lipinski definition) is 0. The van der Waals surface area contributed by atoms with Crippen LogP contribution in [0.4, 0.5) is 0 Å². The van der Waals surface area contributed by atoms with Crippen LogP contribution in [0.5, 0.6) is 0 Å². The van der Waals surface area contributed by atoms with E-state index < -0.39 is 0 Å². The number of unbranched alkanes of at least 4 members (excludes halogenated alkanes) is 1. The number of aryl methyl sites for hydroxylation is 1. The van der Waals surface area contributed by atoms with Gasteiger partial charge < -0.3 is 0 Å². The van der Waals surface area contributed by atoms with Crippen LogP contribution in [-0.2, 0) is 6.42 Å². The van der Waals surface area contributed by atoms with Crippen LogP contribution < -0.4 is 0 Å². The van der Waals surface area contributed by atoms with E-state index in [-0.39, 0.29) is 0 Å². The number of benzene rings is 2. The first-order valence-corrected chi connectivity index (χ1v) is 7.69. The van der Waals surface area contributed by atoms with Crippen LogP contribution in [0.25, 0.3) is 11.1 Å². The van der Waals surface area contributed by atoms with Gasteiger partial charge in [0.25, 0.3) is 0 Å². The van der Waals surface area contributed by atoms with Gasteiger partial charge in [-0.1, -0.05) is 81.8 Å². The van der Waals surface area contributed by atoms with Crippen molar-refractivity contribution in [2.45, 2.75) is 46.5 Å². The van der Waals surface area contributed by atoms with E-state index in [0.29, 0.717) is 5.41 Å². The van der Waals surface area contributed by atoms with Crippen molar-refractivity contribution in [2.24, 2.45) is 5.41 Å². The quantitative estimate of drug-likeness (QED) is 0.572. The highest BCUT2D eigenvalue weighted by Crippen LogP contribution is 2.23. The monoisotopic (exact) mass is 266 g/mol. The third kappa shape index (κ3) is 4.85. The summed E-state index contributed by atoms with van der Waals surface area (Å²) in [7, 11) is 0. The van der Waals surface area contributed by atoms with Gasteiger partial charge >= 0.3 is 0 Å². The summed E-state index contributed by atoms with van der Waals surface area (Å²) in [6.07, 6.45) is 5.13. The lowest BCUT2D eigenvalue weighted by molar-refractivity contribution is 0.360. The van der Waals surface area contributed by atoms with Crippen molar-refractivity contribution < 1.29 is 0 Å². The van der Waals surface area contributed by atoms with Crippen molar-refractivity contribution >= 4 is 0 Å². The van der Waals surface area contributed by atoms with E-state index in [0.717, 1.165) is 0 Å². The molecule has 0 atom stereocenters. The van der Waals surface area contributed by atoms with E-state index in [1.165, 1.54) is 42.4 Å². The molecule has 106 valence electrons. The van der Waals surface area contributed by atoms with Crippen LogP contribution in [0.15, 0.2) is 54.6 Å². The number of hydrogen-bond donors (Lipinski definition) is 0. The van der Waals surface area contributed by atoms with Gasteiger partial charge in [0.2, 0.25) is 0 Å². The van der Waals surface area contributed by atoms with Gasteiger partial charge in [-0.25, -0.2) is 0 Å². The molecule has 0 aromatic heterocycles. The van der Waals surface area contributed by atoms with Crippen LogP contribution in [0.1, 0.15) is 45.6 Å². The molecule has 0 fully saturated rings. The normalized spacial score (nSPS) is 11.6. The Morgan fingerprint density at radius 2 is 1.30 bits per heavy atom. The highest BCUT2D eigenvalue weighted by atomic mass is 14.1. The van der Waals surface area contributed by atoms with E-state index >= 15 is 0 Å². The Hall–Kier alpha value is -1.56. The van der Waals surface area contributed by atoms with Gasteiger partial charge in [0.15, 0.2) is 0 Å². The van der Waals surface area contributed by atoms with Crippen LogP contribution in [0.3, 0.4) is 0 Å². The highest BCUT2D eigenvalue weighted by molar-refractivity contribution is 5.63. The minimum Gasteiger partial charge on any atom is -0.0622 e. The fourth-order valence-corrected chi connectivity index (χ4v) is 2.48. The van der Waals surface area contributed by atoms with Crippen LogP contribution in [0.2, 0.25) is 0 Å². The molecule has 0 aliphatic heterocycles. The average molecular weight is 266 g/mol. The van der Waals surface area contributed by atoms with Crippen LogP contribution in [-0.4, -0.2) is 0 Å². The van der Waals surface area contributed by atoms with Crippen molar-refractivity contribution in [1.29, 1.82) is 0 Å². The van der Waals surface area contributed by atoms with E-state index in [1.807, 2.05) is 0 Å². The van der Waals surface area contributed by atoms with Gasteiger partial charge in [0.1, 0.15) is 0 Å². The minimum atomic E-state index is 0.469. The summed E-state index contributed by atoms with van der Waals surface area (Å²) in [5.74, 6) is 0. The van der Waals surface area contributed by atoms with Crippen molar-refractivity contribution in [1.82, 2.24) is 0 Å². The molecule has 0 radical (unpaired) electrons. The second-order valence-electron chi connectivity index (χ2n) is 6.83. The summed E-state index contributed by atoms with van der Waals surface area (Å²) in [5, 5.41) is 0. The molecule has 2 rings (SSSR count). The molecule has 0 spiro atoms. The molecule has 20 heavy (non-hydrogen) atoms. The molecule has 2 aromatic carbocycles. The third-order valence-corrected chi connectivity index (χ3v) is 3.70. The Balaban J connectivity index is 1.86. The minimum absolute atomic E-state index is 0.469. The zero-order valence-corrected chi connectivity index (χ0v) is 13.0. The maximum Gasteiger partial charge on any atom is -0.0184 e. The Bertz CT molecular complexity index is 500. The van der Waals surface area contributed by atoms with Gasteiger partial charge in [-0.15, -0.1) is 0 Å². The predicted octanol–water partition coefficient (Wildman–Crippen LogP) is 6.11. The largest absolute Gasteiger partial charge is 0.0622 e. The molecule has 0 saturated heterocycles. The summed E-state index contributed by atoms with van der Waals surface area (Å²) in [4.78, 5) is 0. The lowest BCUT2D eigenvalue weighted by Gasteiger charge is -2.17. The molecule has 2 aromatic rings. The molecular weight excluding hydrogens is 240 g/mol. The molecule has 0 heteroatoms. The maximum absolute atomic E-state index is 2.32. The SMILES string of the molecule is CC(C)(C)CCCCc1ccc(-c2ccccc2)cc1. The molecule has 0 amide bonds. The first-order chi connectivity index (χ1) is 9.54. The highest BCUT2D eigenvalue weighted by Gasteiger charge is 2.08. The molecule has 0 N–H and O–H groups in total. The second-order valence-corrected chi connectivity index (χ2v) is 6.83. The van der Waals surface area contributed by atoms with Gasteiger partial charge in [-0.05, 0) is 41.4 Å². The lowest BCUT2D eigenvalue weighted by Crippen LogP contribution is -2.04. The molecule has 0 bridgehead atoms. The lowest BCUT2D eigenvalue weighted by atomic mass is 9.89. The summed E-state index contributed by atoms with van der Waals surface area (Å²) in [5.41, 5.74) is 4.53. The summed E-state index contributed by atoms with van der Waals surface area (Å²) in [6, 6.07) is 19.6. The number of rotatable bonds is 5. The van der Waals surface area contributed by atoms with Crippen LogP contribution >= 0.6 is 0 Å². The average Bonchev–Trinajstić information content (AvgIpc) is 2.44. The molecule has 0 nitrogen and oxygen atoms in total. The Morgan fingerprint density at radius 3 is 1.90 bits per heavy atom. The predicted molar refractivity (Wildman–Crippen MR) is 88.9 cm³/mol. The summed E-state index contributed by atoms with van der Waals surface area (Å²) < 4.78 is 0. The van der Waals surface area contributed by atoms with E-state index in [9.17, 15) is 0 Å². The molecule has 0 saturated carbocycles. The topological polar surface area (TPSA) is 0 Å². The van der Waals surface area contributed by atoms with Gasteiger partial charge in [0, 0.05) is 0 Å². The molecule has 0 aliphatic rings. The molecular formula is C20H26. The zero-order valence-electron chi connectivity index (χ0n) is 13.0. The summed E-state index contributed by atoms with van der Waals surface area (Å²) in [6.45, 7) is 6.96. The Kier molecular flexibility index (Phi) is 5.00.